The Bertz CT molecular complexity index is 690. The molecule has 2 aromatic rings. The molecule has 3 rings (SSSR count). The number of para-hydroxylation sites is 1. The number of hydrogen-bond acceptors (Lipinski definition) is 1. The number of hydrogen-bond donors (Lipinski definition) is 1. The molecule has 1 saturated heterocycles. The molecule has 2 aromatic carbocycles. The number of guanidine groups is 1. The fourth-order valence-corrected chi connectivity index (χ4v) is 2.84. The van der Waals surface area contributed by atoms with Crippen molar-refractivity contribution in [2.24, 2.45) is 15.7 Å². The van der Waals surface area contributed by atoms with E-state index in [2.05, 4.69) is 9.89 Å². The maximum atomic E-state index is 6.24. The normalized spacial score (nSPS) is 16.1. The van der Waals surface area contributed by atoms with Crippen LogP contribution in [0.3, 0.4) is 0 Å². The summed E-state index contributed by atoms with van der Waals surface area (Å²) in [6.07, 6.45) is 4.89. The summed E-state index contributed by atoms with van der Waals surface area (Å²) >= 11 is 0. The quantitative estimate of drug-likeness (QED) is 0.641. The fourth-order valence-electron chi connectivity index (χ4n) is 2.84. The third-order valence-corrected chi connectivity index (χ3v) is 4.16. The van der Waals surface area contributed by atoms with Gasteiger partial charge in [0.05, 0.1) is 5.69 Å². The van der Waals surface area contributed by atoms with Crippen LogP contribution in [0.2, 0.25) is 0 Å². The lowest BCUT2D eigenvalue weighted by molar-refractivity contribution is 0.431. The SMILES string of the molecule is Cl.N/C(=N/C(=Nc1ccccc1)N1CCCCCC1)c1ccccc1. The molecule has 0 aliphatic carbocycles. The van der Waals surface area contributed by atoms with Gasteiger partial charge in [0.25, 0.3) is 0 Å². The molecule has 0 spiro atoms. The lowest BCUT2D eigenvalue weighted by Gasteiger charge is -2.21. The highest BCUT2D eigenvalue weighted by atomic mass is 35.5. The number of likely N-dealkylation sites (tertiary alicyclic amines) is 1. The van der Waals surface area contributed by atoms with Gasteiger partial charge in [0.1, 0.15) is 5.84 Å². The molecular weight excluding hydrogens is 332 g/mol. The van der Waals surface area contributed by atoms with E-state index in [0.29, 0.717) is 11.8 Å². The molecule has 0 saturated carbocycles. The number of amidine groups is 1. The first-order valence-electron chi connectivity index (χ1n) is 8.61. The van der Waals surface area contributed by atoms with Crippen LogP contribution in [0, 0.1) is 0 Å². The molecule has 1 aliphatic rings. The molecule has 4 nitrogen and oxygen atoms in total. The van der Waals surface area contributed by atoms with Crippen molar-refractivity contribution in [1.29, 1.82) is 0 Å². The third kappa shape index (κ3) is 5.61. The van der Waals surface area contributed by atoms with E-state index in [0.717, 1.165) is 24.3 Å². The van der Waals surface area contributed by atoms with Crippen LogP contribution < -0.4 is 5.73 Å². The van der Waals surface area contributed by atoms with Crippen LogP contribution in [0.15, 0.2) is 70.6 Å². The van der Waals surface area contributed by atoms with Crippen LogP contribution in [0.1, 0.15) is 31.2 Å². The average molecular weight is 357 g/mol. The Morgan fingerprint density at radius 3 is 1.96 bits per heavy atom. The number of nitrogens with zero attached hydrogens (tertiary/aromatic N) is 3. The monoisotopic (exact) mass is 356 g/mol. The molecule has 5 heteroatoms. The summed E-state index contributed by atoms with van der Waals surface area (Å²) in [6.45, 7) is 1.97. The minimum atomic E-state index is 0. The minimum Gasteiger partial charge on any atom is -0.383 e. The van der Waals surface area contributed by atoms with Gasteiger partial charge in [0, 0.05) is 18.7 Å². The van der Waals surface area contributed by atoms with Crippen LogP contribution in [-0.4, -0.2) is 29.8 Å². The van der Waals surface area contributed by atoms with Gasteiger partial charge in [-0.2, -0.15) is 4.99 Å². The van der Waals surface area contributed by atoms with E-state index in [9.17, 15) is 0 Å². The van der Waals surface area contributed by atoms with Gasteiger partial charge in [0.15, 0.2) is 0 Å². The highest BCUT2D eigenvalue weighted by Gasteiger charge is 2.14. The van der Waals surface area contributed by atoms with Crippen LogP contribution in [0.5, 0.6) is 0 Å². The maximum Gasteiger partial charge on any atom is 0.227 e. The maximum absolute atomic E-state index is 6.24. The Labute approximate surface area is 155 Å². The summed E-state index contributed by atoms with van der Waals surface area (Å²) in [7, 11) is 0. The Hall–Kier alpha value is -2.33. The van der Waals surface area contributed by atoms with Crippen LogP contribution in [0.4, 0.5) is 5.69 Å². The summed E-state index contributed by atoms with van der Waals surface area (Å²) in [6, 6.07) is 19.8. The molecule has 132 valence electrons. The standard InChI is InChI=1S/C20H24N4.ClH/c21-19(17-11-5-3-6-12-17)23-20(22-18-13-7-4-8-14-18)24-15-9-1-2-10-16-24;/h3-8,11-14H,1-2,9-10,15-16H2,(H2,21,22,23);1H. The molecular formula is C20H25ClN4. The topological polar surface area (TPSA) is 54.0 Å². The molecule has 0 bridgehead atoms. The Kier molecular flexibility index (Phi) is 7.48. The van der Waals surface area contributed by atoms with E-state index in [-0.39, 0.29) is 12.4 Å². The van der Waals surface area contributed by atoms with Crippen LogP contribution in [0.25, 0.3) is 0 Å². The summed E-state index contributed by atoms with van der Waals surface area (Å²) in [5, 5.41) is 0. The molecule has 1 fully saturated rings. The summed E-state index contributed by atoms with van der Waals surface area (Å²) < 4.78 is 0. The van der Waals surface area contributed by atoms with E-state index >= 15 is 0 Å². The molecule has 25 heavy (non-hydrogen) atoms. The van der Waals surface area contributed by atoms with E-state index in [4.69, 9.17) is 10.7 Å². The highest BCUT2D eigenvalue weighted by Crippen LogP contribution is 2.16. The highest BCUT2D eigenvalue weighted by molar-refractivity contribution is 6.05. The molecule has 0 atom stereocenters. The summed E-state index contributed by atoms with van der Waals surface area (Å²) in [5.74, 6) is 1.22. The van der Waals surface area contributed by atoms with E-state index in [1.807, 2.05) is 60.7 Å². The predicted octanol–water partition coefficient (Wildman–Crippen LogP) is 4.38. The summed E-state index contributed by atoms with van der Waals surface area (Å²) in [4.78, 5) is 11.7. The van der Waals surface area contributed by atoms with Crippen molar-refractivity contribution in [1.82, 2.24) is 4.90 Å². The van der Waals surface area contributed by atoms with Gasteiger partial charge in [-0.3, -0.25) is 0 Å². The number of rotatable bonds is 2. The second kappa shape index (κ2) is 9.84. The first-order chi connectivity index (χ1) is 11.8. The zero-order valence-electron chi connectivity index (χ0n) is 14.3. The van der Waals surface area contributed by atoms with Crippen molar-refractivity contribution < 1.29 is 0 Å². The predicted molar refractivity (Wildman–Crippen MR) is 108 cm³/mol. The largest absolute Gasteiger partial charge is 0.383 e. The van der Waals surface area contributed by atoms with Crippen molar-refractivity contribution in [3.8, 4) is 0 Å². The molecule has 1 aliphatic heterocycles. The first kappa shape index (κ1) is 19.0. The Morgan fingerprint density at radius 1 is 0.800 bits per heavy atom. The van der Waals surface area contributed by atoms with Gasteiger partial charge in [-0.15, -0.1) is 12.4 Å². The van der Waals surface area contributed by atoms with Gasteiger partial charge in [-0.05, 0) is 25.0 Å². The molecule has 1 heterocycles. The minimum absolute atomic E-state index is 0. The Balaban J connectivity index is 0.00000225. The van der Waals surface area contributed by atoms with Crippen molar-refractivity contribution in [3.05, 3.63) is 66.2 Å². The van der Waals surface area contributed by atoms with Crippen molar-refractivity contribution in [2.45, 2.75) is 25.7 Å². The van der Waals surface area contributed by atoms with Crippen LogP contribution in [-0.2, 0) is 0 Å². The Morgan fingerprint density at radius 2 is 1.36 bits per heavy atom. The number of aliphatic imine (C=N–C) groups is 2. The van der Waals surface area contributed by atoms with E-state index < -0.39 is 0 Å². The van der Waals surface area contributed by atoms with Crippen LogP contribution >= 0.6 is 12.4 Å². The first-order valence-corrected chi connectivity index (χ1v) is 8.61. The van der Waals surface area contributed by atoms with E-state index in [1.165, 1.54) is 25.7 Å². The molecule has 0 amide bonds. The second-order valence-electron chi connectivity index (χ2n) is 6.01. The smallest absolute Gasteiger partial charge is 0.227 e. The lowest BCUT2D eigenvalue weighted by atomic mass is 10.2. The van der Waals surface area contributed by atoms with Crippen molar-refractivity contribution in [2.75, 3.05) is 13.1 Å². The number of halogens is 1. The van der Waals surface area contributed by atoms with Crippen molar-refractivity contribution >= 4 is 29.9 Å². The van der Waals surface area contributed by atoms with Gasteiger partial charge < -0.3 is 10.6 Å². The van der Waals surface area contributed by atoms with Gasteiger partial charge in [-0.25, -0.2) is 4.99 Å². The lowest BCUT2D eigenvalue weighted by Crippen LogP contribution is -2.32. The summed E-state index contributed by atoms with van der Waals surface area (Å²) in [5.41, 5.74) is 8.07. The number of benzene rings is 2. The fraction of sp³-hybridized carbons (Fsp3) is 0.300. The third-order valence-electron chi connectivity index (χ3n) is 4.16. The molecule has 2 N–H and O–H groups in total. The zero-order chi connectivity index (χ0) is 16.6. The van der Waals surface area contributed by atoms with E-state index in [1.54, 1.807) is 0 Å². The van der Waals surface area contributed by atoms with Gasteiger partial charge in [-0.1, -0.05) is 61.4 Å². The van der Waals surface area contributed by atoms with Gasteiger partial charge in [0.2, 0.25) is 5.96 Å². The molecule has 0 radical (unpaired) electrons. The zero-order valence-corrected chi connectivity index (χ0v) is 15.2. The average Bonchev–Trinajstić information content (AvgIpc) is 2.92. The van der Waals surface area contributed by atoms with Gasteiger partial charge >= 0.3 is 0 Å². The number of nitrogens with two attached hydrogens (primary N) is 1. The molecule has 0 aromatic heterocycles. The molecule has 0 unspecified atom stereocenters. The second-order valence-corrected chi connectivity index (χ2v) is 6.01. The van der Waals surface area contributed by atoms with Crippen molar-refractivity contribution in [3.63, 3.8) is 0 Å².